The molecule has 5 rings (SSSR count). The summed E-state index contributed by atoms with van der Waals surface area (Å²) in [7, 11) is 1.62. The number of hydrogen-bond acceptors (Lipinski definition) is 7. The molecule has 1 heterocycles. The van der Waals surface area contributed by atoms with E-state index in [1.165, 1.54) is 11.8 Å². The summed E-state index contributed by atoms with van der Waals surface area (Å²) in [6, 6.07) is 32.4. The van der Waals surface area contributed by atoms with Crippen LogP contribution in [0.15, 0.2) is 113 Å². The van der Waals surface area contributed by atoms with Gasteiger partial charge in [0.05, 0.1) is 19.1 Å². The van der Waals surface area contributed by atoms with E-state index >= 15 is 0 Å². The van der Waals surface area contributed by atoms with E-state index in [2.05, 4.69) is 20.7 Å². The average molecular weight is 584 g/mol. The van der Waals surface area contributed by atoms with Crippen LogP contribution < -0.4 is 14.9 Å². The first-order valence-electron chi connectivity index (χ1n) is 12.7. The first-order valence-corrected chi connectivity index (χ1v) is 14.0. The lowest BCUT2D eigenvalue weighted by molar-refractivity contribution is -0.118. The van der Waals surface area contributed by atoms with Crippen LogP contribution in [0.4, 0.5) is 0 Å². The van der Waals surface area contributed by atoms with Crippen molar-refractivity contribution in [3.05, 3.63) is 119 Å². The van der Waals surface area contributed by atoms with Gasteiger partial charge in [-0.15, -0.1) is 10.2 Å². The summed E-state index contributed by atoms with van der Waals surface area (Å²) in [6.45, 7) is 0.495. The molecule has 0 spiro atoms. The third-order valence-corrected chi connectivity index (χ3v) is 7.11. The average Bonchev–Trinajstić information content (AvgIpc) is 3.44. The Morgan fingerprint density at radius 3 is 2.34 bits per heavy atom. The minimum atomic E-state index is -0.272. The number of hydrazone groups is 1. The summed E-state index contributed by atoms with van der Waals surface area (Å²) >= 11 is 7.37. The van der Waals surface area contributed by atoms with Crippen LogP contribution in [0.3, 0.4) is 0 Å². The highest BCUT2D eigenvalue weighted by molar-refractivity contribution is 7.99. The molecule has 0 aliphatic rings. The van der Waals surface area contributed by atoms with E-state index in [1.807, 2.05) is 95.6 Å². The summed E-state index contributed by atoms with van der Waals surface area (Å²) in [5.74, 6) is 1.95. The molecule has 0 bridgehead atoms. The van der Waals surface area contributed by atoms with Gasteiger partial charge in [0.1, 0.15) is 18.1 Å². The van der Waals surface area contributed by atoms with E-state index in [0.29, 0.717) is 22.6 Å². The number of benzene rings is 4. The first kappa shape index (κ1) is 27.9. The number of carbonyl (C=O) groups excluding carboxylic acids is 1. The molecule has 0 saturated carbocycles. The molecule has 0 atom stereocenters. The maximum atomic E-state index is 12.6. The number of ether oxygens (including phenoxy) is 2. The molecule has 10 heteroatoms. The number of nitrogens with zero attached hydrogens (tertiary/aromatic N) is 4. The first-order chi connectivity index (χ1) is 20.1. The number of aromatic nitrogens is 3. The molecule has 1 aromatic heterocycles. The summed E-state index contributed by atoms with van der Waals surface area (Å²) in [4.78, 5) is 12.6. The molecular formula is C31H26ClN5O3S. The Morgan fingerprint density at radius 1 is 0.927 bits per heavy atom. The van der Waals surface area contributed by atoms with Gasteiger partial charge in [-0.2, -0.15) is 5.10 Å². The zero-order valence-electron chi connectivity index (χ0n) is 22.1. The Morgan fingerprint density at radius 2 is 1.63 bits per heavy atom. The SMILES string of the molecule is COc1ccc(-c2nnc(SCC(=O)NN=Cc3ccc(OCc4ccccc4)cc3)n2-c2ccc(Cl)cc2)cc1. The minimum Gasteiger partial charge on any atom is -0.497 e. The number of hydrogen-bond donors (Lipinski definition) is 1. The van der Waals surface area contributed by atoms with Crippen molar-refractivity contribution in [2.45, 2.75) is 11.8 Å². The quantitative estimate of drug-likeness (QED) is 0.110. The van der Waals surface area contributed by atoms with Crippen molar-refractivity contribution >= 4 is 35.5 Å². The third-order valence-electron chi connectivity index (χ3n) is 5.93. The van der Waals surface area contributed by atoms with Crippen LogP contribution in [0, 0.1) is 0 Å². The number of carbonyl (C=O) groups is 1. The zero-order chi connectivity index (χ0) is 28.4. The lowest BCUT2D eigenvalue weighted by Crippen LogP contribution is -2.20. The number of nitrogens with one attached hydrogen (secondary N) is 1. The topological polar surface area (TPSA) is 90.6 Å². The molecule has 0 unspecified atom stereocenters. The van der Waals surface area contributed by atoms with Crippen molar-refractivity contribution in [1.82, 2.24) is 20.2 Å². The van der Waals surface area contributed by atoms with E-state index in [-0.39, 0.29) is 11.7 Å². The van der Waals surface area contributed by atoms with Gasteiger partial charge < -0.3 is 9.47 Å². The number of thioether (sulfide) groups is 1. The highest BCUT2D eigenvalue weighted by atomic mass is 35.5. The lowest BCUT2D eigenvalue weighted by atomic mass is 10.2. The molecule has 0 aliphatic heterocycles. The summed E-state index contributed by atoms with van der Waals surface area (Å²) in [6.07, 6.45) is 1.58. The summed E-state index contributed by atoms with van der Waals surface area (Å²) in [5.41, 5.74) is 6.17. The van der Waals surface area contributed by atoms with Gasteiger partial charge in [-0.3, -0.25) is 9.36 Å². The molecule has 8 nitrogen and oxygen atoms in total. The molecular weight excluding hydrogens is 558 g/mol. The Kier molecular flexibility index (Phi) is 9.30. The number of rotatable bonds is 11. The van der Waals surface area contributed by atoms with Crippen molar-refractivity contribution in [2.24, 2.45) is 5.10 Å². The molecule has 1 N–H and O–H groups in total. The van der Waals surface area contributed by atoms with Crippen LogP contribution >= 0.6 is 23.4 Å². The van der Waals surface area contributed by atoms with Crippen molar-refractivity contribution in [3.8, 4) is 28.6 Å². The van der Waals surface area contributed by atoms with E-state index in [1.54, 1.807) is 25.5 Å². The van der Waals surface area contributed by atoms with Crippen LogP contribution in [0.1, 0.15) is 11.1 Å². The molecule has 1 amide bonds. The molecule has 0 radical (unpaired) electrons. The number of methoxy groups -OCH3 is 1. The highest BCUT2D eigenvalue weighted by Gasteiger charge is 2.17. The van der Waals surface area contributed by atoms with Crippen molar-refractivity contribution < 1.29 is 14.3 Å². The second-order valence-corrected chi connectivity index (χ2v) is 10.2. The Labute approximate surface area is 247 Å². The number of halogens is 1. The predicted molar refractivity (Wildman–Crippen MR) is 162 cm³/mol. The van der Waals surface area contributed by atoms with Crippen LogP contribution in [0.5, 0.6) is 11.5 Å². The van der Waals surface area contributed by atoms with Gasteiger partial charge in [0.15, 0.2) is 11.0 Å². The molecule has 4 aromatic carbocycles. The van der Waals surface area contributed by atoms with Crippen LogP contribution in [-0.2, 0) is 11.4 Å². The molecule has 41 heavy (non-hydrogen) atoms. The Hall–Kier alpha value is -4.60. The standard InChI is InChI=1S/C31H26ClN5O3S/c1-39-27-17-9-24(10-18-27)30-35-36-31(37(30)26-13-11-25(32)12-14-26)41-21-29(38)34-33-19-22-7-15-28(16-8-22)40-20-23-5-3-2-4-6-23/h2-19H,20-21H2,1H3,(H,34,38). The van der Waals surface area contributed by atoms with E-state index < -0.39 is 0 Å². The van der Waals surface area contributed by atoms with Gasteiger partial charge in [-0.25, -0.2) is 5.43 Å². The number of amides is 1. The second kappa shape index (κ2) is 13.6. The normalized spacial score (nSPS) is 11.0. The highest BCUT2D eigenvalue weighted by Crippen LogP contribution is 2.29. The van der Waals surface area contributed by atoms with Gasteiger partial charge in [0, 0.05) is 16.3 Å². The molecule has 5 aromatic rings. The Balaban J connectivity index is 1.20. The monoisotopic (exact) mass is 583 g/mol. The van der Waals surface area contributed by atoms with E-state index in [9.17, 15) is 4.79 Å². The third kappa shape index (κ3) is 7.53. The van der Waals surface area contributed by atoms with Crippen molar-refractivity contribution in [2.75, 3.05) is 12.9 Å². The van der Waals surface area contributed by atoms with Crippen molar-refractivity contribution in [1.29, 1.82) is 0 Å². The smallest absolute Gasteiger partial charge is 0.250 e. The van der Waals surface area contributed by atoms with E-state index in [4.69, 9.17) is 21.1 Å². The molecule has 206 valence electrons. The van der Waals surface area contributed by atoms with E-state index in [0.717, 1.165) is 33.9 Å². The maximum Gasteiger partial charge on any atom is 0.250 e. The molecule has 0 aliphatic carbocycles. The summed E-state index contributed by atoms with van der Waals surface area (Å²) < 4.78 is 13.0. The fourth-order valence-corrected chi connectivity index (χ4v) is 4.72. The van der Waals surface area contributed by atoms with Gasteiger partial charge in [0.2, 0.25) is 0 Å². The van der Waals surface area contributed by atoms with Crippen LogP contribution in [0.2, 0.25) is 5.02 Å². The largest absolute Gasteiger partial charge is 0.497 e. The lowest BCUT2D eigenvalue weighted by Gasteiger charge is -2.11. The molecule has 0 fully saturated rings. The van der Waals surface area contributed by atoms with Crippen LogP contribution in [-0.4, -0.2) is 39.7 Å². The Bertz CT molecular complexity index is 1610. The van der Waals surface area contributed by atoms with Crippen LogP contribution in [0.25, 0.3) is 17.1 Å². The summed E-state index contributed by atoms with van der Waals surface area (Å²) in [5, 5.41) is 14.0. The minimum absolute atomic E-state index is 0.0952. The van der Waals surface area contributed by atoms with Gasteiger partial charge in [0.25, 0.3) is 5.91 Å². The fourth-order valence-electron chi connectivity index (χ4n) is 3.85. The fraction of sp³-hybridized carbons (Fsp3) is 0.0968. The van der Waals surface area contributed by atoms with Gasteiger partial charge in [-0.1, -0.05) is 53.7 Å². The van der Waals surface area contributed by atoms with Crippen molar-refractivity contribution in [3.63, 3.8) is 0 Å². The zero-order valence-corrected chi connectivity index (χ0v) is 23.7. The maximum absolute atomic E-state index is 12.6. The van der Waals surface area contributed by atoms with Gasteiger partial charge in [-0.05, 0) is 83.9 Å². The molecule has 0 saturated heterocycles. The predicted octanol–water partition coefficient (Wildman–Crippen LogP) is 6.42. The van der Waals surface area contributed by atoms with Gasteiger partial charge >= 0.3 is 0 Å². The second-order valence-electron chi connectivity index (χ2n) is 8.77.